The molecule has 1 atom stereocenters. The lowest BCUT2D eigenvalue weighted by Crippen LogP contribution is -2.42. The van der Waals surface area contributed by atoms with Gasteiger partial charge in [0.1, 0.15) is 0 Å². The Morgan fingerprint density at radius 3 is 2.53 bits per heavy atom. The summed E-state index contributed by atoms with van der Waals surface area (Å²) in [4.78, 5) is 25.0. The van der Waals surface area contributed by atoms with Gasteiger partial charge in [0.05, 0.1) is 6.54 Å². The molecule has 2 amide bonds. The monoisotopic (exact) mass is 243 g/mol. The van der Waals surface area contributed by atoms with E-state index in [1.807, 2.05) is 13.8 Å². The molecular formula is C12H25N3O2. The number of nitrogens with two attached hydrogens (primary N) is 1. The fourth-order valence-corrected chi connectivity index (χ4v) is 1.65. The number of amides is 2. The van der Waals surface area contributed by atoms with E-state index < -0.39 is 0 Å². The predicted octanol–water partition coefficient (Wildman–Crippen LogP) is 0.346. The van der Waals surface area contributed by atoms with Gasteiger partial charge in [0, 0.05) is 19.5 Å². The van der Waals surface area contributed by atoms with Crippen molar-refractivity contribution in [3.8, 4) is 0 Å². The molecular weight excluding hydrogens is 218 g/mol. The summed E-state index contributed by atoms with van der Waals surface area (Å²) in [5.74, 6) is -0.142. The first-order valence-corrected chi connectivity index (χ1v) is 6.26. The maximum absolute atomic E-state index is 12.1. The third-order valence-electron chi connectivity index (χ3n) is 2.68. The van der Waals surface area contributed by atoms with E-state index in [0.717, 1.165) is 19.3 Å². The van der Waals surface area contributed by atoms with Gasteiger partial charge < -0.3 is 16.0 Å². The Hall–Kier alpha value is -1.10. The SMILES string of the molecule is CCCN(CC(=O)NC)C(=O)C(C)CCCN. The maximum atomic E-state index is 12.1. The highest BCUT2D eigenvalue weighted by Crippen LogP contribution is 2.09. The summed E-state index contributed by atoms with van der Waals surface area (Å²) in [6.45, 7) is 5.26. The molecule has 5 heteroatoms. The number of likely N-dealkylation sites (N-methyl/N-ethyl adjacent to an activating group) is 1. The molecule has 0 bridgehead atoms. The Bertz CT molecular complexity index is 244. The standard InChI is InChI=1S/C12H25N3O2/c1-4-8-15(9-11(16)14-3)12(17)10(2)6-5-7-13/h10H,4-9,13H2,1-3H3,(H,14,16). The molecule has 17 heavy (non-hydrogen) atoms. The highest BCUT2D eigenvalue weighted by atomic mass is 16.2. The van der Waals surface area contributed by atoms with Crippen molar-refractivity contribution in [1.29, 1.82) is 0 Å². The van der Waals surface area contributed by atoms with Crippen LogP contribution in [0.4, 0.5) is 0 Å². The van der Waals surface area contributed by atoms with Gasteiger partial charge in [0.15, 0.2) is 0 Å². The van der Waals surface area contributed by atoms with Crippen LogP contribution in [-0.2, 0) is 9.59 Å². The third kappa shape index (κ3) is 6.26. The summed E-state index contributed by atoms with van der Waals surface area (Å²) < 4.78 is 0. The fourth-order valence-electron chi connectivity index (χ4n) is 1.65. The van der Waals surface area contributed by atoms with Gasteiger partial charge in [0.2, 0.25) is 11.8 Å². The predicted molar refractivity (Wildman–Crippen MR) is 68.4 cm³/mol. The smallest absolute Gasteiger partial charge is 0.239 e. The minimum Gasteiger partial charge on any atom is -0.358 e. The molecule has 0 aliphatic heterocycles. The third-order valence-corrected chi connectivity index (χ3v) is 2.68. The van der Waals surface area contributed by atoms with E-state index in [1.165, 1.54) is 0 Å². The summed E-state index contributed by atoms with van der Waals surface area (Å²) in [5.41, 5.74) is 5.42. The maximum Gasteiger partial charge on any atom is 0.239 e. The number of nitrogens with zero attached hydrogens (tertiary/aromatic N) is 1. The molecule has 100 valence electrons. The van der Waals surface area contributed by atoms with E-state index >= 15 is 0 Å². The molecule has 1 unspecified atom stereocenters. The van der Waals surface area contributed by atoms with Crippen molar-refractivity contribution in [3.63, 3.8) is 0 Å². The molecule has 0 aliphatic rings. The van der Waals surface area contributed by atoms with Crippen molar-refractivity contribution in [2.45, 2.75) is 33.1 Å². The van der Waals surface area contributed by atoms with E-state index in [4.69, 9.17) is 5.73 Å². The van der Waals surface area contributed by atoms with Crippen molar-refractivity contribution in [1.82, 2.24) is 10.2 Å². The van der Waals surface area contributed by atoms with Gasteiger partial charge in [-0.15, -0.1) is 0 Å². The van der Waals surface area contributed by atoms with Crippen LogP contribution in [0.5, 0.6) is 0 Å². The Morgan fingerprint density at radius 1 is 1.41 bits per heavy atom. The first kappa shape index (κ1) is 15.9. The lowest BCUT2D eigenvalue weighted by atomic mass is 10.0. The van der Waals surface area contributed by atoms with E-state index in [1.54, 1.807) is 11.9 Å². The van der Waals surface area contributed by atoms with Crippen molar-refractivity contribution in [2.75, 3.05) is 26.7 Å². The summed E-state index contributed by atoms with van der Waals surface area (Å²) >= 11 is 0. The first-order valence-electron chi connectivity index (χ1n) is 6.26. The Morgan fingerprint density at radius 2 is 2.06 bits per heavy atom. The molecule has 0 aromatic heterocycles. The van der Waals surface area contributed by atoms with E-state index in [0.29, 0.717) is 13.1 Å². The zero-order chi connectivity index (χ0) is 13.3. The molecule has 0 fully saturated rings. The largest absolute Gasteiger partial charge is 0.358 e. The molecule has 0 saturated heterocycles. The lowest BCUT2D eigenvalue weighted by molar-refractivity contribution is -0.139. The van der Waals surface area contributed by atoms with Gasteiger partial charge in [-0.1, -0.05) is 13.8 Å². The van der Waals surface area contributed by atoms with E-state index in [2.05, 4.69) is 5.32 Å². The van der Waals surface area contributed by atoms with Crippen LogP contribution in [0.3, 0.4) is 0 Å². The van der Waals surface area contributed by atoms with Crippen LogP contribution in [0.15, 0.2) is 0 Å². The molecule has 0 rings (SSSR count). The van der Waals surface area contributed by atoms with Crippen molar-refractivity contribution >= 4 is 11.8 Å². The molecule has 0 heterocycles. The van der Waals surface area contributed by atoms with Crippen LogP contribution in [0.1, 0.15) is 33.1 Å². The van der Waals surface area contributed by atoms with Crippen LogP contribution in [0, 0.1) is 5.92 Å². The molecule has 0 aromatic carbocycles. The summed E-state index contributed by atoms with van der Waals surface area (Å²) in [6.07, 6.45) is 2.47. The van der Waals surface area contributed by atoms with E-state index in [-0.39, 0.29) is 24.3 Å². The molecule has 5 nitrogen and oxygen atoms in total. The minimum absolute atomic E-state index is 0.0453. The fraction of sp³-hybridized carbons (Fsp3) is 0.833. The molecule has 0 aliphatic carbocycles. The van der Waals surface area contributed by atoms with Gasteiger partial charge in [-0.25, -0.2) is 0 Å². The number of carbonyl (C=O) groups is 2. The molecule has 0 saturated carbocycles. The topological polar surface area (TPSA) is 75.4 Å². The Labute approximate surface area is 104 Å². The number of carbonyl (C=O) groups excluding carboxylic acids is 2. The highest BCUT2D eigenvalue weighted by molar-refractivity contribution is 5.85. The summed E-state index contributed by atoms with van der Waals surface area (Å²) in [5, 5.41) is 2.54. The molecule has 0 aromatic rings. The minimum atomic E-state index is -0.127. The average Bonchev–Trinajstić information content (AvgIpc) is 2.34. The van der Waals surface area contributed by atoms with Crippen molar-refractivity contribution in [3.05, 3.63) is 0 Å². The van der Waals surface area contributed by atoms with Crippen molar-refractivity contribution < 1.29 is 9.59 Å². The number of rotatable bonds is 8. The second-order valence-electron chi connectivity index (χ2n) is 4.26. The zero-order valence-corrected chi connectivity index (χ0v) is 11.2. The van der Waals surface area contributed by atoms with Crippen LogP contribution in [0.25, 0.3) is 0 Å². The van der Waals surface area contributed by atoms with Crippen LogP contribution in [0.2, 0.25) is 0 Å². The first-order chi connectivity index (χ1) is 8.06. The van der Waals surface area contributed by atoms with Crippen molar-refractivity contribution in [2.24, 2.45) is 11.7 Å². The van der Waals surface area contributed by atoms with E-state index in [9.17, 15) is 9.59 Å². The second kappa shape index (κ2) is 8.98. The Kier molecular flexibility index (Phi) is 8.40. The summed E-state index contributed by atoms with van der Waals surface area (Å²) in [6, 6.07) is 0. The van der Waals surface area contributed by atoms with Crippen LogP contribution in [-0.4, -0.2) is 43.4 Å². The number of hydrogen-bond acceptors (Lipinski definition) is 3. The normalized spacial score (nSPS) is 12.0. The van der Waals surface area contributed by atoms with Crippen LogP contribution >= 0.6 is 0 Å². The second-order valence-corrected chi connectivity index (χ2v) is 4.26. The van der Waals surface area contributed by atoms with Gasteiger partial charge >= 0.3 is 0 Å². The zero-order valence-electron chi connectivity index (χ0n) is 11.2. The molecule has 0 spiro atoms. The summed E-state index contributed by atoms with van der Waals surface area (Å²) in [7, 11) is 1.58. The molecule has 0 radical (unpaired) electrons. The van der Waals surface area contributed by atoms with Gasteiger partial charge in [0.25, 0.3) is 0 Å². The number of hydrogen-bond donors (Lipinski definition) is 2. The van der Waals surface area contributed by atoms with Gasteiger partial charge in [-0.05, 0) is 25.8 Å². The average molecular weight is 243 g/mol. The van der Waals surface area contributed by atoms with Gasteiger partial charge in [-0.2, -0.15) is 0 Å². The van der Waals surface area contributed by atoms with Gasteiger partial charge in [-0.3, -0.25) is 9.59 Å². The quantitative estimate of drug-likeness (QED) is 0.646. The Balaban J connectivity index is 4.36. The van der Waals surface area contributed by atoms with Crippen LogP contribution < -0.4 is 11.1 Å². The lowest BCUT2D eigenvalue weighted by Gasteiger charge is -2.24. The number of nitrogens with one attached hydrogen (secondary N) is 1. The highest BCUT2D eigenvalue weighted by Gasteiger charge is 2.21. The molecule has 3 N–H and O–H groups in total.